The second-order valence-electron chi connectivity index (χ2n) is 6.16. The third kappa shape index (κ3) is 6.85. The van der Waals surface area contributed by atoms with Gasteiger partial charge in [-0.3, -0.25) is 0 Å². The van der Waals surface area contributed by atoms with Crippen molar-refractivity contribution < 1.29 is 24.5 Å². The number of fused-ring (bicyclic) bond motifs is 1. The molecule has 0 fully saturated rings. The Balaban J connectivity index is 0.000000366. The fraction of sp³-hybridized carbons (Fsp3) is 0.0870. The van der Waals surface area contributed by atoms with Crippen LogP contribution in [0.15, 0.2) is 66.7 Å². The summed E-state index contributed by atoms with van der Waals surface area (Å²) < 4.78 is 6.00. The fourth-order valence-electron chi connectivity index (χ4n) is 2.70. The van der Waals surface area contributed by atoms with E-state index in [4.69, 9.17) is 26.6 Å². The fourth-order valence-corrected chi connectivity index (χ4v) is 2.86. The maximum atomic E-state index is 9.55. The summed E-state index contributed by atoms with van der Waals surface area (Å²) in [6.07, 6.45) is 1.12. The van der Waals surface area contributed by atoms with Gasteiger partial charge in [-0.05, 0) is 36.2 Å². The zero-order valence-corrected chi connectivity index (χ0v) is 17.3. The van der Waals surface area contributed by atoms with Gasteiger partial charge in [-0.2, -0.15) is 5.26 Å². The summed E-state index contributed by atoms with van der Waals surface area (Å²) in [5.41, 5.74) is 1.65. The topological polar surface area (TPSA) is 120 Å². The molecule has 3 aromatic rings. The van der Waals surface area contributed by atoms with E-state index in [0.717, 1.165) is 17.3 Å². The van der Waals surface area contributed by atoms with E-state index in [2.05, 4.69) is 17.5 Å². The molecule has 0 aliphatic rings. The van der Waals surface area contributed by atoms with E-state index in [1.165, 1.54) is 5.56 Å². The summed E-state index contributed by atoms with van der Waals surface area (Å²) in [5, 5.41) is 30.7. The number of carboxylic acids is 2. The van der Waals surface area contributed by atoms with Crippen molar-refractivity contribution in [3.63, 3.8) is 0 Å². The molecule has 0 unspecified atom stereocenters. The van der Waals surface area contributed by atoms with Gasteiger partial charge in [0.2, 0.25) is 0 Å². The molecule has 3 N–H and O–H groups in total. The molecule has 0 heterocycles. The van der Waals surface area contributed by atoms with Crippen LogP contribution in [0.3, 0.4) is 0 Å². The van der Waals surface area contributed by atoms with Crippen molar-refractivity contribution in [2.75, 3.05) is 7.05 Å². The molecule has 0 aromatic heterocycles. The maximum absolute atomic E-state index is 9.55. The lowest BCUT2D eigenvalue weighted by molar-refractivity contribution is -0.134. The molecule has 0 aliphatic carbocycles. The lowest BCUT2D eigenvalue weighted by Gasteiger charge is -2.13. The van der Waals surface area contributed by atoms with Crippen LogP contribution in [0.4, 0.5) is 0 Å². The maximum Gasteiger partial charge on any atom is 0.328 e. The molecule has 0 bridgehead atoms. The van der Waals surface area contributed by atoms with Crippen molar-refractivity contribution in [1.29, 1.82) is 5.26 Å². The van der Waals surface area contributed by atoms with E-state index < -0.39 is 11.9 Å². The van der Waals surface area contributed by atoms with Crippen LogP contribution in [-0.4, -0.2) is 29.2 Å². The number of nitrogens with one attached hydrogen (secondary N) is 1. The van der Waals surface area contributed by atoms with E-state index >= 15 is 0 Å². The Morgan fingerprint density at radius 3 is 2.26 bits per heavy atom. The van der Waals surface area contributed by atoms with Crippen LogP contribution in [0.1, 0.15) is 11.1 Å². The molecule has 0 atom stereocenters. The normalized spacial score (nSPS) is 10.2. The molecule has 0 saturated heterocycles. The van der Waals surface area contributed by atoms with Crippen LogP contribution >= 0.6 is 11.6 Å². The number of benzene rings is 3. The van der Waals surface area contributed by atoms with Gasteiger partial charge in [0.1, 0.15) is 17.6 Å². The Morgan fingerprint density at radius 1 is 1.03 bits per heavy atom. The summed E-state index contributed by atoms with van der Waals surface area (Å²) in [6, 6.07) is 19.2. The van der Waals surface area contributed by atoms with Crippen molar-refractivity contribution in [2.45, 2.75) is 6.54 Å². The van der Waals surface area contributed by atoms with Crippen LogP contribution in [0, 0.1) is 11.3 Å². The molecule has 7 nitrogen and oxygen atoms in total. The molecule has 3 aromatic carbocycles. The summed E-state index contributed by atoms with van der Waals surface area (Å²) in [6.45, 7) is 0.779. The summed E-state index contributed by atoms with van der Waals surface area (Å²) in [7, 11) is 1.92. The van der Waals surface area contributed by atoms with E-state index in [9.17, 15) is 14.9 Å². The number of halogens is 1. The van der Waals surface area contributed by atoms with Gasteiger partial charge in [-0.15, -0.1) is 0 Å². The SMILES string of the molecule is CNCc1ccc(Oc2cc(Cl)ccc2C#N)c2ccccc12.O=C(O)C=CC(=O)O. The molecule has 0 aliphatic heterocycles. The molecule has 0 saturated carbocycles. The zero-order chi connectivity index (χ0) is 22.8. The molecule has 31 heavy (non-hydrogen) atoms. The third-order valence-corrected chi connectivity index (χ3v) is 4.23. The van der Waals surface area contributed by atoms with Crippen molar-refractivity contribution >= 4 is 34.3 Å². The van der Waals surface area contributed by atoms with Crippen molar-refractivity contribution in [2.24, 2.45) is 0 Å². The third-order valence-electron chi connectivity index (χ3n) is 3.99. The first-order valence-electron chi connectivity index (χ1n) is 9.02. The largest absolute Gasteiger partial charge is 0.478 e. The smallest absolute Gasteiger partial charge is 0.328 e. The molecule has 8 heteroatoms. The van der Waals surface area contributed by atoms with Gasteiger partial charge < -0.3 is 20.3 Å². The molecule has 0 spiro atoms. The van der Waals surface area contributed by atoms with Crippen molar-refractivity contribution in [1.82, 2.24) is 5.32 Å². The number of aliphatic carboxylic acids is 2. The monoisotopic (exact) mass is 438 g/mol. The lowest BCUT2D eigenvalue weighted by atomic mass is 10.0. The van der Waals surface area contributed by atoms with Gasteiger partial charge in [-0.25, -0.2) is 9.59 Å². The lowest BCUT2D eigenvalue weighted by Crippen LogP contribution is -2.05. The van der Waals surface area contributed by atoms with Crippen LogP contribution in [-0.2, 0) is 16.1 Å². The molecule has 158 valence electrons. The summed E-state index contributed by atoms with van der Waals surface area (Å²) in [4.78, 5) is 19.1. The summed E-state index contributed by atoms with van der Waals surface area (Å²) in [5.74, 6) is -1.34. The minimum Gasteiger partial charge on any atom is -0.478 e. The van der Waals surface area contributed by atoms with E-state index in [1.807, 2.05) is 37.4 Å². The Labute approximate surface area is 183 Å². The van der Waals surface area contributed by atoms with E-state index in [-0.39, 0.29) is 0 Å². The molecule has 3 rings (SSSR count). The zero-order valence-electron chi connectivity index (χ0n) is 16.5. The van der Waals surface area contributed by atoms with Crippen LogP contribution in [0.5, 0.6) is 11.5 Å². The first-order valence-corrected chi connectivity index (χ1v) is 9.40. The highest BCUT2D eigenvalue weighted by molar-refractivity contribution is 6.30. The predicted octanol–water partition coefficient (Wildman–Crippen LogP) is 4.59. The quantitative estimate of drug-likeness (QED) is 0.481. The Hall–Kier alpha value is -3.86. The number of hydrogen-bond acceptors (Lipinski definition) is 5. The van der Waals surface area contributed by atoms with Crippen LogP contribution < -0.4 is 10.1 Å². The predicted molar refractivity (Wildman–Crippen MR) is 117 cm³/mol. The Morgan fingerprint density at radius 2 is 1.68 bits per heavy atom. The highest BCUT2D eigenvalue weighted by atomic mass is 35.5. The Bertz CT molecular complexity index is 1150. The number of nitrogens with zero attached hydrogens (tertiary/aromatic N) is 1. The van der Waals surface area contributed by atoms with Crippen LogP contribution in [0.2, 0.25) is 5.02 Å². The number of carbonyl (C=O) groups is 2. The first-order chi connectivity index (χ1) is 14.8. The number of rotatable bonds is 6. The Kier molecular flexibility index (Phi) is 8.58. The number of ether oxygens (including phenoxy) is 1. The molecular formula is C23H19ClN2O5. The molecule has 0 radical (unpaired) electrons. The van der Waals surface area contributed by atoms with Crippen molar-refractivity contribution in [3.8, 4) is 17.6 Å². The number of hydrogen-bond donors (Lipinski definition) is 3. The standard InChI is InChI=1S/C19H15ClN2O.C4H4O4/c1-22-12-14-7-9-18(17-5-3-2-4-16(14)17)23-19-10-15(20)8-6-13(19)11-21;5-3(6)1-2-4(7)8/h2-10,22H,12H2,1H3;1-2H,(H,5,6)(H,7,8). The van der Waals surface area contributed by atoms with E-state index in [0.29, 0.717) is 34.2 Å². The van der Waals surface area contributed by atoms with Crippen molar-refractivity contribution in [3.05, 3.63) is 82.9 Å². The minimum atomic E-state index is -1.26. The molecular weight excluding hydrogens is 420 g/mol. The number of nitriles is 1. The second kappa shape index (κ2) is 11.4. The second-order valence-corrected chi connectivity index (χ2v) is 6.60. The van der Waals surface area contributed by atoms with Gasteiger partial charge in [0.25, 0.3) is 0 Å². The van der Waals surface area contributed by atoms with E-state index in [1.54, 1.807) is 18.2 Å². The van der Waals surface area contributed by atoms with Gasteiger partial charge in [0.05, 0.1) is 5.56 Å². The first kappa shape index (κ1) is 23.4. The van der Waals surface area contributed by atoms with Gasteiger partial charge in [0, 0.05) is 35.2 Å². The number of carboxylic acid groups (broad SMARTS) is 2. The molecule has 0 amide bonds. The van der Waals surface area contributed by atoms with Gasteiger partial charge in [-0.1, -0.05) is 41.9 Å². The van der Waals surface area contributed by atoms with Crippen LogP contribution in [0.25, 0.3) is 10.8 Å². The summed E-state index contributed by atoms with van der Waals surface area (Å²) >= 11 is 6.03. The average molecular weight is 439 g/mol. The van der Waals surface area contributed by atoms with Gasteiger partial charge >= 0.3 is 11.9 Å². The van der Waals surface area contributed by atoms with Gasteiger partial charge in [0.15, 0.2) is 0 Å². The highest BCUT2D eigenvalue weighted by Gasteiger charge is 2.10. The minimum absolute atomic E-state index is 0.456. The highest BCUT2D eigenvalue weighted by Crippen LogP contribution is 2.34. The average Bonchev–Trinajstić information content (AvgIpc) is 2.75.